The SMILES string of the molecule is N#Cc1cc(O)cc(CC(=O)CBr)c1. The average Bonchev–Trinajstić information content (AvgIpc) is 2.16. The van der Waals surface area contributed by atoms with E-state index in [1.54, 1.807) is 6.07 Å². The van der Waals surface area contributed by atoms with Crippen molar-refractivity contribution in [2.75, 3.05) is 5.33 Å². The predicted molar refractivity (Wildman–Crippen MR) is 55.3 cm³/mol. The van der Waals surface area contributed by atoms with Gasteiger partial charge in [0.25, 0.3) is 0 Å². The standard InChI is InChI=1S/C10H8BrNO2/c11-5-10(14)3-7-1-8(6-12)4-9(13)2-7/h1-2,4,13H,3,5H2. The zero-order valence-electron chi connectivity index (χ0n) is 7.33. The smallest absolute Gasteiger partial charge is 0.147 e. The molecule has 0 amide bonds. The Kier molecular flexibility index (Phi) is 3.66. The zero-order chi connectivity index (χ0) is 10.6. The molecule has 0 fully saturated rings. The summed E-state index contributed by atoms with van der Waals surface area (Å²) >= 11 is 3.05. The summed E-state index contributed by atoms with van der Waals surface area (Å²) in [6.07, 6.45) is 0.230. The largest absolute Gasteiger partial charge is 0.508 e. The van der Waals surface area contributed by atoms with Crippen LogP contribution in [0.2, 0.25) is 0 Å². The van der Waals surface area contributed by atoms with Crippen molar-refractivity contribution in [3.05, 3.63) is 29.3 Å². The number of hydrogen-bond acceptors (Lipinski definition) is 3. The number of halogens is 1. The molecule has 0 atom stereocenters. The topological polar surface area (TPSA) is 61.1 Å². The minimum atomic E-state index is 0.0134. The maximum atomic E-state index is 11.1. The van der Waals surface area contributed by atoms with Crippen LogP contribution in [0.5, 0.6) is 5.75 Å². The summed E-state index contributed by atoms with van der Waals surface area (Å²) in [5.41, 5.74) is 1.02. The Morgan fingerprint density at radius 3 is 2.79 bits per heavy atom. The Morgan fingerprint density at radius 1 is 1.50 bits per heavy atom. The molecule has 1 rings (SSSR count). The van der Waals surface area contributed by atoms with Crippen LogP contribution in [0.15, 0.2) is 18.2 Å². The molecule has 0 radical (unpaired) electrons. The lowest BCUT2D eigenvalue weighted by atomic mass is 10.1. The molecule has 0 spiro atoms. The molecule has 0 unspecified atom stereocenters. The predicted octanol–water partition coefficient (Wildman–Crippen LogP) is 1.77. The van der Waals surface area contributed by atoms with Gasteiger partial charge in [-0.3, -0.25) is 4.79 Å². The molecule has 1 aromatic rings. The normalized spacial score (nSPS) is 9.43. The lowest BCUT2D eigenvalue weighted by Gasteiger charge is -2.00. The number of ketones is 1. The van der Waals surface area contributed by atoms with Crippen LogP contribution < -0.4 is 0 Å². The summed E-state index contributed by atoms with van der Waals surface area (Å²) < 4.78 is 0. The molecule has 0 saturated heterocycles. The molecule has 0 aromatic heterocycles. The number of nitriles is 1. The van der Waals surface area contributed by atoms with Crippen LogP contribution in [0, 0.1) is 11.3 Å². The highest BCUT2D eigenvalue weighted by atomic mass is 79.9. The molecule has 0 aliphatic rings. The van der Waals surface area contributed by atoms with E-state index in [1.165, 1.54) is 12.1 Å². The Morgan fingerprint density at radius 2 is 2.21 bits per heavy atom. The van der Waals surface area contributed by atoms with Gasteiger partial charge in [0, 0.05) is 6.42 Å². The lowest BCUT2D eigenvalue weighted by Crippen LogP contribution is -2.03. The molecule has 1 N–H and O–H groups in total. The highest BCUT2D eigenvalue weighted by molar-refractivity contribution is 9.09. The fourth-order valence-corrected chi connectivity index (χ4v) is 1.31. The van der Waals surface area contributed by atoms with Crippen molar-refractivity contribution < 1.29 is 9.90 Å². The third-order valence-electron chi connectivity index (χ3n) is 1.66. The molecule has 4 heteroatoms. The van der Waals surface area contributed by atoms with E-state index in [4.69, 9.17) is 5.26 Å². The van der Waals surface area contributed by atoms with Crippen LogP contribution >= 0.6 is 15.9 Å². The fraction of sp³-hybridized carbons (Fsp3) is 0.200. The van der Waals surface area contributed by atoms with E-state index in [0.29, 0.717) is 11.1 Å². The van der Waals surface area contributed by atoms with Crippen LogP contribution in [0.1, 0.15) is 11.1 Å². The first-order valence-corrected chi connectivity index (χ1v) is 5.08. The molecular formula is C10H8BrNO2. The first-order chi connectivity index (χ1) is 6.65. The van der Waals surface area contributed by atoms with Gasteiger partial charge >= 0.3 is 0 Å². The van der Waals surface area contributed by atoms with Crippen LogP contribution in [0.25, 0.3) is 0 Å². The van der Waals surface area contributed by atoms with Crippen LogP contribution in [-0.2, 0) is 11.2 Å². The van der Waals surface area contributed by atoms with Gasteiger partial charge in [0.05, 0.1) is 17.0 Å². The summed E-state index contributed by atoms with van der Waals surface area (Å²) in [5.74, 6) is 0.0286. The number of benzene rings is 1. The zero-order valence-corrected chi connectivity index (χ0v) is 8.91. The Labute approximate surface area is 90.1 Å². The van der Waals surface area contributed by atoms with Gasteiger partial charge in [-0.15, -0.1) is 0 Å². The number of carbonyl (C=O) groups excluding carboxylic acids is 1. The maximum Gasteiger partial charge on any atom is 0.147 e. The van der Waals surface area contributed by atoms with Crippen molar-refractivity contribution >= 4 is 21.7 Å². The molecule has 72 valence electrons. The van der Waals surface area contributed by atoms with E-state index in [0.717, 1.165) is 0 Å². The Balaban J connectivity index is 2.93. The molecule has 0 aliphatic carbocycles. The number of nitrogens with zero attached hydrogens (tertiary/aromatic N) is 1. The van der Waals surface area contributed by atoms with Crippen molar-refractivity contribution in [1.82, 2.24) is 0 Å². The summed E-state index contributed by atoms with van der Waals surface area (Å²) in [7, 11) is 0. The minimum absolute atomic E-state index is 0.0134. The van der Waals surface area contributed by atoms with Gasteiger partial charge < -0.3 is 5.11 Å². The first kappa shape index (κ1) is 10.7. The molecule has 0 aliphatic heterocycles. The maximum absolute atomic E-state index is 11.1. The molecule has 3 nitrogen and oxygen atoms in total. The summed E-state index contributed by atoms with van der Waals surface area (Å²) in [5, 5.41) is 18.1. The number of rotatable bonds is 3. The molecule has 14 heavy (non-hydrogen) atoms. The number of hydrogen-bond donors (Lipinski definition) is 1. The fourth-order valence-electron chi connectivity index (χ4n) is 1.12. The third-order valence-corrected chi connectivity index (χ3v) is 2.28. The van der Waals surface area contributed by atoms with Gasteiger partial charge in [-0.05, 0) is 23.8 Å². The summed E-state index contributed by atoms with van der Waals surface area (Å²) in [4.78, 5) is 11.1. The van der Waals surface area contributed by atoms with Gasteiger partial charge in [0.2, 0.25) is 0 Å². The van der Waals surface area contributed by atoms with E-state index >= 15 is 0 Å². The molecule has 0 saturated carbocycles. The number of Topliss-reactive ketones (excluding diaryl/α,β-unsaturated/α-hetero) is 1. The van der Waals surface area contributed by atoms with Gasteiger partial charge in [0.15, 0.2) is 0 Å². The number of alkyl halides is 1. The van der Waals surface area contributed by atoms with Gasteiger partial charge in [0.1, 0.15) is 11.5 Å². The average molecular weight is 254 g/mol. The van der Waals surface area contributed by atoms with Crippen molar-refractivity contribution in [2.45, 2.75) is 6.42 Å². The van der Waals surface area contributed by atoms with Crippen molar-refractivity contribution in [3.8, 4) is 11.8 Å². The van der Waals surface area contributed by atoms with E-state index in [9.17, 15) is 9.90 Å². The summed E-state index contributed by atoms with van der Waals surface area (Å²) in [6, 6.07) is 6.36. The quantitative estimate of drug-likeness (QED) is 0.836. The van der Waals surface area contributed by atoms with Crippen molar-refractivity contribution in [1.29, 1.82) is 5.26 Å². The van der Waals surface area contributed by atoms with Crippen LogP contribution in [-0.4, -0.2) is 16.2 Å². The second kappa shape index (κ2) is 4.77. The second-order valence-electron chi connectivity index (χ2n) is 2.85. The van der Waals surface area contributed by atoms with E-state index < -0.39 is 0 Å². The minimum Gasteiger partial charge on any atom is -0.508 e. The number of phenols is 1. The van der Waals surface area contributed by atoms with Crippen LogP contribution in [0.4, 0.5) is 0 Å². The van der Waals surface area contributed by atoms with Crippen LogP contribution in [0.3, 0.4) is 0 Å². The highest BCUT2D eigenvalue weighted by Crippen LogP contribution is 2.15. The van der Waals surface area contributed by atoms with Crippen molar-refractivity contribution in [2.24, 2.45) is 0 Å². The molecule has 0 heterocycles. The number of phenolic OH excluding ortho intramolecular Hbond substituents is 1. The van der Waals surface area contributed by atoms with E-state index in [1.807, 2.05) is 6.07 Å². The van der Waals surface area contributed by atoms with E-state index in [2.05, 4.69) is 15.9 Å². The second-order valence-corrected chi connectivity index (χ2v) is 3.41. The molecule has 0 bridgehead atoms. The van der Waals surface area contributed by atoms with Gasteiger partial charge in [-0.2, -0.15) is 5.26 Å². The Bertz CT molecular complexity index is 396. The van der Waals surface area contributed by atoms with Gasteiger partial charge in [-0.1, -0.05) is 15.9 Å². The highest BCUT2D eigenvalue weighted by Gasteiger charge is 2.04. The first-order valence-electron chi connectivity index (χ1n) is 3.96. The number of aromatic hydroxyl groups is 1. The summed E-state index contributed by atoms with van der Waals surface area (Å²) in [6.45, 7) is 0. The van der Waals surface area contributed by atoms with Crippen molar-refractivity contribution in [3.63, 3.8) is 0 Å². The lowest BCUT2D eigenvalue weighted by molar-refractivity contribution is -0.115. The Hall–Kier alpha value is -1.34. The van der Waals surface area contributed by atoms with Gasteiger partial charge in [-0.25, -0.2) is 0 Å². The molecular weight excluding hydrogens is 246 g/mol. The van der Waals surface area contributed by atoms with E-state index in [-0.39, 0.29) is 23.3 Å². The monoisotopic (exact) mass is 253 g/mol. The molecule has 1 aromatic carbocycles. The number of carbonyl (C=O) groups is 1. The third kappa shape index (κ3) is 2.86.